The van der Waals surface area contributed by atoms with E-state index < -0.39 is 5.97 Å². The van der Waals surface area contributed by atoms with Crippen molar-refractivity contribution in [3.8, 4) is 0 Å². The van der Waals surface area contributed by atoms with Crippen molar-refractivity contribution >= 4 is 11.8 Å². The van der Waals surface area contributed by atoms with Crippen LogP contribution in [0.5, 0.6) is 0 Å². The van der Waals surface area contributed by atoms with Crippen LogP contribution < -0.4 is 5.73 Å². The maximum atomic E-state index is 10.4. The van der Waals surface area contributed by atoms with E-state index in [9.17, 15) is 9.59 Å². The second-order valence-corrected chi connectivity index (χ2v) is 2.14. The smallest absolute Gasteiger partial charge is 0.335 e. The molecule has 3 N–H and O–H groups in total. The number of hydrogen-bond donors (Lipinski definition) is 2. The molecule has 0 heterocycles. The Morgan fingerprint density at radius 2 is 2.00 bits per heavy atom. The normalized spacial score (nSPS) is 12.0. The van der Waals surface area contributed by atoms with Crippen LogP contribution in [0.15, 0.2) is 23.8 Å². The molecule has 0 aliphatic heterocycles. The van der Waals surface area contributed by atoms with Crippen molar-refractivity contribution in [1.29, 1.82) is 0 Å². The van der Waals surface area contributed by atoms with E-state index in [1.54, 1.807) is 0 Å². The highest BCUT2D eigenvalue weighted by atomic mass is 16.4. The van der Waals surface area contributed by atoms with Gasteiger partial charge in [0.25, 0.3) is 0 Å². The fourth-order valence-electron chi connectivity index (χ4n) is 0.561. The summed E-state index contributed by atoms with van der Waals surface area (Å²) in [5, 5.41) is 8.53. The monoisotopic (exact) mass is 169 g/mol. The molecule has 0 fully saturated rings. The number of allylic oxidation sites excluding steroid dienone is 1. The summed E-state index contributed by atoms with van der Waals surface area (Å²) in [7, 11) is 0. The number of carboxylic acid groups (broad SMARTS) is 1. The van der Waals surface area contributed by atoms with Crippen LogP contribution in [-0.2, 0) is 9.59 Å². The molecule has 0 unspecified atom stereocenters. The zero-order valence-electron chi connectivity index (χ0n) is 6.78. The molecule has 0 aromatic heterocycles. The largest absolute Gasteiger partial charge is 0.478 e. The quantitative estimate of drug-likeness (QED) is 0.462. The average Bonchev–Trinajstić information content (AvgIpc) is 1.96. The Kier molecular flexibility index (Phi) is 4.64. The van der Waals surface area contributed by atoms with Crippen molar-refractivity contribution in [3.05, 3.63) is 23.8 Å². The molecule has 0 aromatic rings. The van der Waals surface area contributed by atoms with Gasteiger partial charge in [0, 0.05) is 6.54 Å². The summed E-state index contributed by atoms with van der Waals surface area (Å²) < 4.78 is 0. The molecule has 0 saturated heterocycles. The fraction of sp³-hybridized carbons (Fsp3) is 0.250. The van der Waals surface area contributed by atoms with Gasteiger partial charge in [0.2, 0.25) is 0 Å². The van der Waals surface area contributed by atoms with Gasteiger partial charge in [-0.25, -0.2) is 4.79 Å². The van der Waals surface area contributed by atoms with Crippen LogP contribution in [0.2, 0.25) is 0 Å². The number of nitrogens with two attached hydrogens (primary N) is 1. The summed E-state index contributed by atoms with van der Waals surface area (Å²) in [6.45, 7) is 1.49. The van der Waals surface area contributed by atoms with Crippen LogP contribution in [0, 0.1) is 0 Å². The van der Waals surface area contributed by atoms with Gasteiger partial charge in [0.1, 0.15) is 0 Å². The molecule has 0 saturated carbocycles. The summed E-state index contributed by atoms with van der Waals surface area (Å²) in [6, 6.07) is 0. The van der Waals surface area contributed by atoms with E-state index in [1.165, 1.54) is 25.2 Å². The van der Waals surface area contributed by atoms with Gasteiger partial charge >= 0.3 is 5.97 Å². The lowest BCUT2D eigenvalue weighted by Crippen LogP contribution is -2.03. The third kappa shape index (κ3) is 4.40. The Bertz CT molecular complexity index is 241. The third-order valence-corrected chi connectivity index (χ3v) is 1.08. The molecular formula is C8H11NO3. The molecule has 0 aromatic carbocycles. The first-order chi connectivity index (χ1) is 5.57. The first kappa shape index (κ1) is 10.6. The Balaban J connectivity index is 4.45. The molecular weight excluding hydrogens is 158 g/mol. The summed E-state index contributed by atoms with van der Waals surface area (Å²) in [5.74, 6) is -1.28. The number of carbonyl (C=O) groups is 2. The van der Waals surface area contributed by atoms with Gasteiger partial charge < -0.3 is 10.8 Å². The average molecular weight is 169 g/mol. The lowest BCUT2D eigenvalue weighted by atomic mass is 10.2. The minimum Gasteiger partial charge on any atom is -0.478 e. The third-order valence-electron chi connectivity index (χ3n) is 1.08. The van der Waals surface area contributed by atoms with Crippen LogP contribution in [0.1, 0.15) is 6.92 Å². The predicted octanol–water partition coefficient (Wildman–Crippen LogP) is 0.101. The predicted molar refractivity (Wildman–Crippen MR) is 44.6 cm³/mol. The van der Waals surface area contributed by atoms with Crippen molar-refractivity contribution in [1.82, 2.24) is 0 Å². The van der Waals surface area contributed by atoms with Crippen molar-refractivity contribution in [2.24, 2.45) is 5.73 Å². The van der Waals surface area contributed by atoms with Gasteiger partial charge in [0.15, 0.2) is 5.78 Å². The Labute approximate surface area is 70.4 Å². The molecule has 0 bridgehead atoms. The van der Waals surface area contributed by atoms with E-state index in [2.05, 4.69) is 0 Å². The summed E-state index contributed by atoms with van der Waals surface area (Å²) in [6.07, 6.45) is 3.76. The van der Waals surface area contributed by atoms with Gasteiger partial charge in [-0.05, 0) is 19.1 Å². The zero-order chi connectivity index (χ0) is 9.56. The van der Waals surface area contributed by atoms with Gasteiger partial charge in [-0.1, -0.05) is 6.08 Å². The minimum absolute atomic E-state index is 0.0349. The molecule has 0 aliphatic carbocycles. The van der Waals surface area contributed by atoms with E-state index in [1.807, 2.05) is 0 Å². The molecule has 0 atom stereocenters. The number of carbonyl (C=O) groups excluding carboxylic acids is 1. The van der Waals surface area contributed by atoms with Crippen molar-refractivity contribution in [3.63, 3.8) is 0 Å². The molecule has 0 spiro atoms. The van der Waals surface area contributed by atoms with Crippen LogP contribution in [0.4, 0.5) is 0 Å². The van der Waals surface area contributed by atoms with E-state index in [-0.39, 0.29) is 17.9 Å². The highest BCUT2D eigenvalue weighted by Crippen LogP contribution is 1.96. The second kappa shape index (κ2) is 5.26. The molecule has 0 rings (SSSR count). The van der Waals surface area contributed by atoms with E-state index in [0.29, 0.717) is 0 Å². The number of carboxylic acids is 1. The SMILES string of the molecule is CC(=O)/C=C/C(=C/CN)C(=O)O. The van der Waals surface area contributed by atoms with Gasteiger partial charge in [0.05, 0.1) is 5.57 Å². The molecule has 0 amide bonds. The maximum Gasteiger partial charge on any atom is 0.335 e. The van der Waals surface area contributed by atoms with Crippen molar-refractivity contribution in [2.45, 2.75) is 6.92 Å². The van der Waals surface area contributed by atoms with E-state index in [4.69, 9.17) is 10.8 Å². The Hall–Kier alpha value is -1.42. The number of hydrogen-bond acceptors (Lipinski definition) is 3. The highest BCUT2D eigenvalue weighted by molar-refractivity contribution is 5.94. The minimum atomic E-state index is -1.09. The molecule has 4 nitrogen and oxygen atoms in total. The molecule has 12 heavy (non-hydrogen) atoms. The second-order valence-electron chi connectivity index (χ2n) is 2.14. The zero-order valence-corrected chi connectivity index (χ0v) is 6.78. The lowest BCUT2D eigenvalue weighted by molar-refractivity contribution is -0.132. The first-order valence-electron chi connectivity index (χ1n) is 3.40. The Morgan fingerprint density at radius 3 is 2.33 bits per heavy atom. The van der Waals surface area contributed by atoms with Gasteiger partial charge in [-0.3, -0.25) is 4.79 Å². The summed E-state index contributed by atoms with van der Waals surface area (Å²) in [4.78, 5) is 20.9. The highest BCUT2D eigenvalue weighted by Gasteiger charge is 2.00. The van der Waals surface area contributed by atoms with Crippen molar-refractivity contribution < 1.29 is 14.7 Å². The first-order valence-corrected chi connectivity index (χ1v) is 3.40. The van der Waals surface area contributed by atoms with Crippen LogP contribution in [-0.4, -0.2) is 23.4 Å². The molecule has 0 radical (unpaired) electrons. The lowest BCUT2D eigenvalue weighted by Gasteiger charge is -1.91. The fourth-order valence-corrected chi connectivity index (χ4v) is 0.561. The molecule has 0 aliphatic rings. The standard InChI is InChI=1S/C8H11NO3/c1-6(10)2-3-7(4-5-9)8(11)12/h2-4H,5,9H2,1H3,(H,11,12)/b3-2+,7-4-. The number of rotatable bonds is 4. The van der Waals surface area contributed by atoms with E-state index in [0.717, 1.165) is 0 Å². The van der Waals surface area contributed by atoms with Crippen LogP contribution in [0.3, 0.4) is 0 Å². The molecule has 66 valence electrons. The maximum absolute atomic E-state index is 10.4. The van der Waals surface area contributed by atoms with Crippen LogP contribution >= 0.6 is 0 Å². The Morgan fingerprint density at radius 1 is 1.42 bits per heavy atom. The van der Waals surface area contributed by atoms with Crippen molar-refractivity contribution in [2.75, 3.05) is 6.54 Å². The summed E-state index contributed by atoms with van der Waals surface area (Å²) in [5.41, 5.74) is 5.15. The molecule has 4 heteroatoms. The van der Waals surface area contributed by atoms with E-state index >= 15 is 0 Å². The van der Waals surface area contributed by atoms with Gasteiger partial charge in [-0.2, -0.15) is 0 Å². The summed E-state index contributed by atoms with van der Waals surface area (Å²) >= 11 is 0. The van der Waals surface area contributed by atoms with Gasteiger partial charge in [-0.15, -0.1) is 0 Å². The number of ketones is 1. The number of aliphatic carboxylic acids is 1. The topological polar surface area (TPSA) is 80.4 Å². The van der Waals surface area contributed by atoms with Crippen LogP contribution in [0.25, 0.3) is 0 Å².